The minimum atomic E-state index is 0.00782. The van der Waals surface area contributed by atoms with Gasteiger partial charge in [-0.25, -0.2) is 0 Å². The van der Waals surface area contributed by atoms with E-state index < -0.39 is 0 Å². The van der Waals surface area contributed by atoms with E-state index in [1.54, 1.807) is 0 Å². The lowest BCUT2D eigenvalue weighted by Gasteiger charge is -2.37. The van der Waals surface area contributed by atoms with E-state index in [2.05, 4.69) is 43.2 Å². The SMILES string of the molecule is C[C@@H](NC1CCOC(C)(C)C1)c1ccncc1. The van der Waals surface area contributed by atoms with Gasteiger partial charge in [-0.3, -0.25) is 4.98 Å². The number of nitrogens with one attached hydrogen (secondary N) is 1. The normalized spacial score (nSPS) is 25.5. The molecular formula is C14H22N2O. The average molecular weight is 234 g/mol. The topological polar surface area (TPSA) is 34.1 Å². The third-order valence-corrected chi connectivity index (χ3v) is 3.39. The van der Waals surface area contributed by atoms with Crippen LogP contribution < -0.4 is 5.32 Å². The standard InChI is InChI=1S/C14H22N2O/c1-11(12-4-7-15-8-5-12)16-13-6-9-17-14(2,3)10-13/h4-5,7-8,11,13,16H,6,9-10H2,1-3H3/t11-,13?/m1/s1. The first kappa shape index (κ1) is 12.5. The molecular weight excluding hydrogens is 212 g/mol. The first-order valence-electron chi connectivity index (χ1n) is 6.37. The van der Waals surface area contributed by atoms with Crippen molar-refractivity contribution in [3.8, 4) is 0 Å². The summed E-state index contributed by atoms with van der Waals surface area (Å²) in [6.07, 6.45) is 5.87. The van der Waals surface area contributed by atoms with Crippen LogP contribution in [-0.4, -0.2) is 23.2 Å². The smallest absolute Gasteiger partial charge is 0.0641 e. The number of nitrogens with zero attached hydrogens (tertiary/aromatic N) is 1. The lowest BCUT2D eigenvalue weighted by molar-refractivity contribution is -0.0639. The van der Waals surface area contributed by atoms with Crippen molar-refractivity contribution in [3.05, 3.63) is 30.1 Å². The van der Waals surface area contributed by atoms with Gasteiger partial charge in [0, 0.05) is 31.1 Å². The van der Waals surface area contributed by atoms with Gasteiger partial charge in [0.25, 0.3) is 0 Å². The number of aromatic nitrogens is 1. The quantitative estimate of drug-likeness (QED) is 0.873. The first-order valence-corrected chi connectivity index (χ1v) is 6.37. The Bertz CT molecular complexity index is 350. The fourth-order valence-electron chi connectivity index (χ4n) is 2.48. The Labute approximate surface area is 104 Å². The van der Waals surface area contributed by atoms with Crippen molar-refractivity contribution in [2.24, 2.45) is 0 Å². The van der Waals surface area contributed by atoms with E-state index in [-0.39, 0.29) is 5.60 Å². The average Bonchev–Trinajstić information content (AvgIpc) is 2.29. The summed E-state index contributed by atoms with van der Waals surface area (Å²) in [5.74, 6) is 0. The minimum Gasteiger partial charge on any atom is -0.375 e. The summed E-state index contributed by atoms with van der Waals surface area (Å²) in [5.41, 5.74) is 1.30. The van der Waals surface area contributed by atoms with Gasteiger partial charge in [-0.2, -0.15) is 0 Å². The highest BCUT2D eigenvalue weighted by Crippen LogP contribution is 2.25. The zero-order chi connectivity index (χ0) is 12.3. The molecule has 1 aliphatic heterocycles. The third-order valence-electron chi connectivity index (χ3n) is 3.39. The predicted octanol–water partition coefficient (Wildman–Crippen LogP) is 2.69. The van der Waals surface area contributed by atoms with Gasteiger partial charge in [0.2, 0.25) is 0 Å². The molecule has 1 aromatic rings. The lowest BCUT2D eigenvalue weighted by Crippen LogP contribution is -2.44. The Morgan fingerprint density at radius 1 is 1.41 bits per heavy atom. The van der Waals surface area contributed by atoms with Crippen molar-refractivity contribution in [1.29, 1.82) is 0 Å². The predicted molar refractivity (Wildman–Crippen MR) is 68.8 cm³/mol. The molecule has 2 rings (SSSR count). The monoisotopic (exact) mass is 234 g/mol. The molecule has 0 spiro atoms. The Hall–Kier alpha value is -0.930. The Kier molecular flexibility index (Phi) is 3.79. The van der Waals surface area contributed by atoms with Gasteiger partial charge in [0.1, 0.15) is 0 Å². The molecule has 2 heterocycles. The summed E-state index contributed by atoms with van der Waals surface area (Å²) in [4.78, 5) is 4.05. The molecule has 1 aromatic heterocycles. The van der Waals surface area contributed by atoms with E-state index in [9.17, 15) is 0 Å². The van der Waals surface area contributed by atoms with Crippen molar-refractivity contribution < 1.29 is 4.74 Å². The fraction of sp³-hybridized carbons (Fsp3) is 0.643. The molecule has 1 fully saturated rings. The largest absolute Gasteiger partial charge is 0.375 e. The Morgan fingerprint density at radius 2 is 2.12 bits per heavy atom. The van der Waals surface area contributed by atoms with Gasteiger partial charge in [0.15, 0.2) is 0 Å². The van der Waals surface area contributed by atoms with E-state index in [4.69, 9.17) is 4.74 Å². The maximum Gasteiger partial charge on any atom is 0.0641 e. The molecule has 17 heavy (non-hydrogen) atoms. The van der Waals surface area contributed by atoms with Gasteiger partial charge in [-0.1, -0.05) is 0 Å². The molecule has 1 unspecified atom stereocenters. The molecule has 0 aliphatic carbocycles. The van der Waals surface area contributed by atoms with Crippen molar-refractivity contribution in [2.45, 2.75) is 51.3 Å². The molecule has 0 bridgehead atoms. The zero-order valence-corrected chi connectivity index (χ0v) is 10.9. The first-order chi connectivity index (χ1) is 8.07. The highest BCUT2D eigenvalue weighted by atomic mass is 16.5. The molecule has 0 amide bonds. The van der Waals surface area contributed by atoms with E-state index in [1.165, 1.54) is 5.56 Å². The summed E-state index contributed by atoms with van der Waals surface area (Å²) in [6, 6.07) is 5.06. The van der Waals surface area contributed by atoms with Crippen LogP contribution in [0.5, 0.6) is 0 Å². The highest BCUT2D eigenvalue weighted by Gasteiger charge is 2.29. The van der Waals surface area contributed by atoms with Crippen LogP contribution in [0.1, 0.15) is 45.2 Å². The van der Waals surface area contributed by atoms with Gasteiger partial charge in [-0.05, 0) is 51.3 Å². The molecule has 2 atom stereocenters. The second kappa shape index (κ2) is 5.15. The Morgan fingerprint density at radius 3 is 2.76 bits per heavy atom. The number of hydrogen-bond donors (Lipinski definition) is 1. The van der Waals surface area contributed by atoms with Crippen molar-refractivity contribution in [3.63, 3.8) is 0 Å². The van der Waals surface area contributed by atoms with Crippen molar-refractivity contribution >= 4 is 0 Å². The van der Waals surface area contributed by atoms with Crippen molar-refractivity contribution in [1.82, 2.24) is 10.3 Å². The lowest BCUT2D eigenvalue weighted by atomic mass is 9.93. The molecule has 94 valence electrons. The second-order valence-electron chi connectivity index (χ2n) is 5.47. The number of ether oxygens (including phenoxy) is 1. The van der Waals surface area contributed by atoms with Crippen LogP contribution in [0.3, 0.4) is 0 Å². The van der Waals surface area contributed by atoms with Crippen LogP contribution in [-0.2, 0) is 4.74 Å². The number of rotatable bonds is 3. The third kappa shape index (κ3) is 3.51. The van der Waals surface area contributed by atoms with Crippen LogP contribution in [0, 0.1) is 0 Å². The van der Waals surface area contributed by atoms with E-state index >= 15 is 0 Å². The number of hydrogen-bond acceptors (Lipinski definition) is 3. The minimum absolute atomic E-state index is 0.00782. The van der Waals surface area contributed by atoms with Crippen LogP contribution in [0.25, 0.3) is 0 Å². The van der Waals surface area contributed by atoms with Gasteiger partial charge in [0.05, 0.1) is 5.60 Å². The summed E-state index contributed by atoms with van der Waals surface area (Å²) in [5, 5.41) is 3.68. The summed E-state index contributed by atoms with van der Waals surface area (Å²) >= 11 is 0. The fourth-order valence-corrected chi connectivity index (χ4v) is 2.48. The molecule has 0 radical (unpaired) electrons. The van der Waals surface area contributed by atoms with Crippen molar-refractivity contribution in [2.75, 3.05) is 6.61 Å². The maximum absolute atomic E-state index is 5.73. The van der Waals surface area contributed by atoms with Crippen LogP contribution in [0.2, 0.25) is 0 Å². The van der Waals surface area contributed by atoms with Crippen LogP contribution in [0.4, 0.5) is 0 Å². The molecule has 3 heteroatoms. The molecule has 3 nitrogen and oxygen atoms in total. The van der Waals surface area contributed by atoms with Gasteiger partial charge in [-0.15, -0.1) is 0 Å². The van der Waals surface area contributed by atoms with Crippen LogP contribution in [0.15, 0.2) is 24.5 Å². The Balaban J connectivity index is 1.93. The van der Waals surface area contributed by atoms with E-state index in [1.807, 2.05) is 12.4 Å². The highest BCUT2D eigenvalue weighted by molar-refractivity contribution is 5.14. The zero-order valence-electron chi connectivity index (χ0n) is 10.9. The van der Waals surface area contributed by atoms with Crippen LogP contribution >= 0.6 is 0 Å². The molecule has 1 saturated heterocycles. The summed E-state index contributed by atoms with van der Waals surface area (Å²) in [6.45, 7) is 7.39. The van der Waals surface area contributed by atoms with Gasteiger partial charge < -0.3 is 10.1 Å². The van der Waals surface area contributed by atoms with Gasteiger partial charge >= 0.3 is 0 Å². The summed E-state index contributed by atoms with van der Waals surface area (Å²) < 4.78 is 5.73. The molecule has 1 aliphatic rings. The molecule has 0 saturated carbocycles. The summed E-state index contributed by atoms with van der Waals surface area (Å²) in [7, 11) is 0. The number of pyridine rings is 1. The van der Waals surface area contributed by atoms with E-state index in [0.29, 0.717) is 12.1 Å². The molecule has 0 aromatic carbocycles. The molecule has 1 N–H and O–H groups in total. The van der Waals surface area contributed by atoms with E-state index in [0.717, 1.165) is 19.4 Å². The maximum atomic E-state index is 5.73. The second-order valence-corrected chi connectivity index (χ2v) is 5.47.